The lowest BCUT2D eigenvalue weighted by atomic mass is 9.89. The molecule has 1 saturated heterocycles. The van der Waals surface area contributed by atoms with Crippen molar-refractivity contribution < 1.29 is 9.53 Å². The van der Waals surface area contributed by atoms with E-state index in [1.54, 1.807) is 0 Å². The number of hydrogen-bond donors (Lipinski definition) is 1. The fourth-order valence-corrected chi connectivity index (χ4v) is 2.03. The maximum atomic E-state index is 11.9. The van der Waals surface area contributed by atoms with Crippen molar-refractivity contribution in [3.8, 4) is 0 Å². The molecule has 0 aromatic rings. The molecule has 1 aliphatic heterocycles. The van der Waals surface area contributed by atoms with Crippen LogP contribution >= 0.6 is 0 Å². The molecule has 0 radical (unpaired) electrons. The molecular formula is C12H23NO2. The molecule has 3 nitrogen and oxygen atoms in total. The van der Waals surface area contributed by atoms with E-state index in [4.69, 9.17) is 4.74 Å². The Balaban J connectivity index is 2.53. The fraction of sp³-hybridized carbons (Fsp3) is 0.917. The summed E-state index contributed by atoms with van der Waals surface area (Å²) in [5, 5.41) is 3.40. The minimum atomic E-state index is -0.375. The van der Waals surface area contributed by atoms with Crippen molar-refractivity contribution in [3.63, 3.8) is 0 Å². The van der Waals surface area contributed by atoms with E-state index in [1.807, 2.05) is 20.8 Å². The van der Waals surface area contributed by atoms with E-state index in [0.29, 0.717) is 6.04 Å². The van der Waals surface area contributed by atoms with Gasteiger partial charge in [0.2, 0.25) is 0 Å². The third-order valence-electron chi connectivity index (χ3n) is 2.77. The van der Waals surface area contributed by atoms with Crippen molar-refractivity contribution in [3.05, 3.63) is 0 Å². The molecule has 3 heteroatoms. The van der Waals surface area contributed by atoms with Crippen molar-refractivity contribution >= 4 is 5.97 Å². The summed E-state index contributed by atoms with van der Waals surface area (Å²) >= 11 is 0. The number of ether oxygens (including phenoxy) is 1. The van der Waals surface area contributed by atoms with Gasteiger partial charge in [-0.25, -0.2) is 0 Å². The number of esters is 1. The average Bonchev–Trinajstić information content (AvgIpc) is 1.99. The Bertz CT molecular complexity index is 232. The molecule has 1 heterocycles. The number of piperidine rings is 1. The van der Waals surface area contributed by atoms with Crippen LogP contribution in [-0.4, -0.2) is 23.7 Å². The Kier molecular flexibility index (Phi) is 3.77. The molecule has 0 aromatic heterocycles. The van der Waals surface area contributed by atoms with Gasteiger partial charge in [-0.3, -0.25) is 4.79 Å². The smallest absolute Gasteiger partial charge is 0.311 e. The van der Waals surface area contributed by atoms with E-state index in [9.17, 15) is 4.79 Å². The van der Waals surface area contributed by atoms with E-state index >= 15 is 0 Å². The first-order valence-corrected chi connectivity index (χ1v) is 5.78. The Morgan fingerprint density at radius 3 is 2.33 bits per heavy atom. The zero-order valence-corrected chi connectivity index (χ0v) is 10.5. The van der Waals surface area contributed by atoms with Crippen molar-refractivity contribution in [1.82, 2.24) is 5.32 Å². The average molecular weight is 213 g/mol. The van der Waals surface area contributed by atoms with E-state index in [-0.39, 0.29) is 23.5 Å². The molecule has 1 aliphatic rings. The molecule has 0 amide bonds. The van der Waals surface area contributed by atoms with Gasteiger partial charge in [-0.1, -0.05) is 0 Å². The predicted molar refractivity (Wildman–Crippen MR) is 60.6 cm³/mol. The van der Waals surface area contributed by atoms with Crippen molar-refractivity contribution in [2.75, 3.05) is 0 Å². The third-order valence-corrected chi connectivity index (χ3v) is 2.77. The van der Waals surface area contributed by atoms with Crippen LogP contribution < -0.4 is 5.32 Å². The summed E-state index contributed by atoms with van der Waals surface area (Å²) < 4.78 is 5.40. The Morgan fingerprint density at radius 1 is 1.27 bits per heavy atom. The topological polar surface area (TPSA) is 38.3 Å². The molecule has 0 saturated carbocycles. The van der Waals surface area contributed by atoms with Crippen molar-refractivity contribution in [1.29, 1.82) is 0 Å². The second-order valence-corrected chi connectivity index (χ2v) is 5.57. The predicted octanol–water partition coefficient (Wildman–Crippen LogP) is 2.10. The minimum Gasteiger partial charge on any atom is -0.460 e. The van der Waals surface area contributed by atoms with E-state index in [0.717, 1.165) is 12.8 Å². The maximum absolute atomic E-state index is 11.9. The number of nitrogens with one attached hydrogen (secondary N) is 1. The van der Waals surface area contributed by atoms with Crippen LogP contribution in [0.3, 0.4) is 0 Å². The zero-order valence-electron chi connectivity index (χ0n) is 10.5. The molecule has 0 aliphatic carbocycles. The quantitative estimate of drug-likeness (QED) is 0.678. The highest BCUT2D eigenvalue weighted by Gasteiger charge is 2.33. The van der Waals surface area contributed by atoms with Gasteiger partial charge in [0, 0.05) is 12.1 Å². The van der Waals surface area contributed by atoms with Gasteiger partial charge in [0.05, 0.1) is 5.92 Å². The second kappa shape index (κ2) is 4.52. The molecule has 3 unspecified atom stereocenters. The van der Waals surface area contributed by atoms with Crippen LogP contribution in [0.15, 0.2) is 0 Å². The standard InChI is InChI=1S/C12H23NO2/c1-8-6-7-10(9(2)13-8)11(14)15-12(3,4)5/h8-10,13H,6-7H2,1-5H3. The summed E-state index contributed by atoms with van der Waals surface area (Å²) in [5.41, 5.74) is -0.375. The molecule has 1 N–H and O–H groups in total. The molecule has 0 spiro atoms. The van der Waals surface area contributed by atoms with Gasteiger partial charge in [-0.15, -0.1) is 0 Å². The van der Waals surface area contributed by atoms with Crippen LogP contribution in [0.1, 0.15) is 47.5 Å². The maximum Gasteiger partial charge on any atom is 0.311 e. The largest absolute Gasteiger partial charge is 0.460 e. The van der Waals surface area contributed by atoms with E-state index < -0.39 is 0 Å². The fourth-order valence-electron chi connectivity index (χ4n) is 2.03. The highest BCUT2D eigenvalue weighted by atomic mass is 16.6. The van der Waals surface area contributed by atoms with Crippen molar-refractivity contribution in [2.45, 2.75) is 65.1 Å². The van der Waals surface area contributed by atoms with Crippen LogP contribution in [0.4, 0.5) is 0 Å². The monoisotopic (exact) mass is 213 g/mol. The zero-order chi connectivity index (χ0) is 11.6. The van der Waals surface area contributed by atoms with Gasteiger partial charge in [0.15, 0.2) is 0 Å². The lowest BCUT2D eigenvalue weighted by Crippen LogP contribution is -2.48. The van der Waals surface area contributed by atoms with Gasteiger partial charge in [-0.2, -0.15) is 0 Å². The van der Waals surface area contributed by atoms with Crippen LogP contribution in [0.5, 0.6) is 0 Å². The number of hydrogen-bond acceptors (Lipinski definition) is 3. The molecular weight excluding hydrogens is 190 g/mol. The number of carbonyl (C=O) groups excluding carboxylic acids is 1. The van der Waals surface area contributed by atoms with Gasteiger partial charge < -0.3 is 10.1 Å². The molecule has 88 valence electrons. The molecule has 0 aromatic carbocycles. The first-order valence-electron chi connectivity index (χ1n) is 5.78. The third kappa shape index (κ3) is 3.82. The first kappa shape index (κ1) is 12.5. The summed E-state index contributed by atoms with van der Waals surface area (Å²) in [4.78, 5) is 11.9. The highest BCUT2D eigenvalue weighted by molar-refractivity contribution is 5.73. The molecule has 0 bridgehead atoms. The summed E-state index contributed by atoms with van der Waals surface area (Å²) in [7, 11) is 0. The summed E-state index contributed by atoms with van der Waals surface area (Å²) in [5.74, 6) is -0.0465. The minimum absolute atomic E-state index is 0.0143. The highest BCUT2D eigenvalue weighted by Crippen LogP contribution is 2.23. The van der Waals surface area contributed by atoms with Crippen LogP contribution in [0, 0.1) is 5.92 Å². The normalized spacial score (nSPS) is 32.5. The number of carbonyl (C=O) groups is 1. The van der Waals surface area contributed by atoms with Crippen molar-refractivity contribution in [2.24, 2.45) is 5.92 Å². The van der Waals surface area contributed by atoms with Gasteiger partial charge >= 0.3 is 5.97 Å². The van der Waals surface area contributed by atoms with Gasteiger partial charge in [-0.05, 0) is 47.5 Å². The first-order chi connectivity index (χ1) is 6.79. The number of rotatable bonds is 1. The lowest BCUT2D eigenvalue weighted by Gasteiger charge is -2.34. The Hall–Kier alpha value is -0.570. The van der Waals surface area contributed by atoms with Gasteiger partial charge in [0.25, 0.3) is 0 Å². The Labute approximate surface area is 92.6 Å². The summed E-state index contributed by atoms with van der Waals surface area (Å²) in [6, 6.07) is 0.738. The Morgan fingerprint density at radius 2 is 1.87 bits per heavy atom. The summed E-state index contributed by atoms with van der Waals surface area (Å²) in [6.07, 6.45) is 1.98. The van der Waals surface area contributed by atoms with Crippen LogP contribution in [0.2, 0.25) is 0 Å². The molecule has 1 rings (SSSR count). The summed E-state index contributed by atoms with van der Waals surface area (Å²) in [6.45, 7) is 9.95. The second-order valence-electron chi connectivity index (χ2n) is 5.57. The molecule has 3 atom stereocenters. The molecule has 15 heavy (non-hydrogen) atoms. The van der Waals surface area contributed by atoms with Crippen LogP contribution in [-0.2, 0) is 9.53 Å². The van der Waals surface area contributed by atoms with Crippen LogP contribution in [0.25, 0.3) is 0 Å². The van der Waals surface area contributed by atoms with E-state index in [1.165, 1.54) is 0 Å². The molecule has 1 fully saturated rings. The van der Waals surface area contributed by atoms with E-state index in [2.05, 4.69) is 19.2 Å². The van der Waals surface area contributed by atoms with Gasteiger partial charge in [0.1, 0.15) is 5.60 Å². The SMILES string of the molecule is CC1CCC(C(=O)OC(C)(C)C)C(C)N1. The lowest BCUT2D eigenvalue weighted by molar-refractivity contribution is -0.162.